The lowest BCUT2D eigenvalue weighted by molar-refractivity contribution is -0.143. The van der Waals surface area contributed by atoms with Crippen molar-refractivity contribution in [3.8, 4) is 0 Å². The summed E-state index contributed by atoms with van der Waals surface area (Å²) in [6.07, 6.45) is 3.28. The lowest BCUT2D eigenvalue weighted by Crippen LogP contribution is -2.17. The molecule has 27 heavy (non-hydrogen) atoms. The predicted octanol–water partition coefficient (Wildman–Crippen LogP) is 3.11. The van der Waals surface area contributed by atoms with Gasteiger partial charge < -0.3 is 9.30 Å². The highest BCUT2D eigenvalue weighted by atomic mass is 19.1. The average molecular weight is 367 g/mol. The Kier molecular flexibility index (Phi) is 5.61. The van der Waals surface area contributed by atoms with Gasteiger partial charge in [0.1, 0.15) is 12.4 Å². The molecule has 1 heterocycles. The van der Waals surface area contributed by atoms with Crippen molar-refractivity contribution >= 4 is 29.0 Å². The van der Waals surface area contributed by atoms with Gasteiger partial charge in [-0.05, 0) is 37.3 Å². The molecule has 0 spiro atoms. The monoisotopic (exact) mass is 367 g/mol. The second-order valence-electron chi connectivity index (χ2n) is 5.74. The van der Waals surface area contributed by atoms with Gasteiger partial charge in [0.15, 0.2) is 0 Å². The quantitative estimate of drug-likeness (QED) is 0.413. The van der Waals surface area contributed by atoms with Gasteiger partial charge in [-0.1, -0.05) is 18.2 Å². The third-order valence-corrected chi connectivity index (χ3v) is 3.90. The Hall–Kier alpha value is -3.48. The fourth-order valence-electron chi connectivity index (χ4n) is 2.68. The highest BCUT2D eigenvalue weighted by Gasteiger charge is 2.10. The number of hydrogen-bond acceptors (Lipinski definition) is 4. The Bertz CT molecular complexity index is 993. The molecule has 0 aliphatic rings. The number of hydrogen-bond donors (Lipinski definition) is 1. The van der Waals surface area contributed by atoms with Crippen molar-refractivity contribution in [2.45, 2.75) is 13.5 Å². The molecule has 1 N–H and O–H groups in total. The van der Waals surface area contributed by atoms with Crippen molar-refractivity contribution in [2.75, 3.05) is 6.61 Å². The molecule has 0 bridgehead atoms. The van der Waals surface area contributed by atoms with Crippen LogP contribution in [-0.4, -0.2) is 29.3 Å². The maximum absolute atomic E-state index is 12.9. The summed E-state index contributed by atoms with van der Waals surface area (Å²) >= 11 is 0. The smallest absolute Gasteiger partial charge is 0.325 e. The molecule has 1 amide bonds. The predicted molar refractivity (Wildman–Crippen MR) is 100 cm³/mol. The maximum atomic E-state index is 12.9. The lowest BCUT2D eigenvalue weighted by atomic mass is 10.2. The molecular weight excluding hydrogens is 349 g/mol. The molecule has 6 nitrogen and oxygen atoms in total. The standard InChI is InChI=1S/C20H18FN3O3/c1-2-27-19(25)13-24-12-15(17-5-3-4-6-18(17)24)11-22-23-20(26)14-7-9-16(21)10-8-14/h3-12H,2,13H2,1H3,(H,23,26)/b22-11-. The number of carbonyl (C=O) groups is 2. The molecule has 1 aromatic heterocycles. The molecule has 0 unspecified atom stereocenters. The van der Waals surface area contributed by atoms with E-state index in [1.165, 1.54) is 30.5 Å². The van der Waals surface area contributed by atoms with Gasteiger partial charge in [0.05, 0.1) is 12.8 Å². The van der Waals surface area contributed by atoms with E-state index < -0.39 is 11.7 Å². The first-order valence-corrected chi connectivity index (χ1v) is 8.41. The van der Waals surface area contributed by atoms with E-state index in [2.05, 4.69) is 10.5 Å². The van der Waals surface area contributed by atoms with E-state index in [9.17, 15) is 14.0 Å². The molecule has 138 valence electrons. The number of nitrogens with zero attached hydrogens (tertiary/aromatic N) is 2. The number of esters is 1. The van der Waals surface area contributed by atoms with Crippen molar-refractivity contribution in [3.05, 3.63) is 71.7 Å². The number of benzene rings is 2. The Labute approximate surface area is 155 Å². The number of halogens is 1. The van der Waals surface area contributed by atoms with Gasteiger partial charge in [-0.3, -0.25) is 9.59 Å². The van der Waals surface area contributed by atoms with Crippen LogP contribution in [0.4, 0.5) is 4.39 Å². The molecule has 2 aromatic carbocycles. The zero-order valence-corrected chi connectivity index (χ0v) is 14.7. The van der Waals surface area contributed by atoms with Crippen molar-refractivity contribution < 1.29 is 18.7 Å². The summed E-state index contributed by atoms with van der Waals surface area (Å²) in [6.45, 7) is 2.17. The number of amides is 1. The number of ether oxygens (including phenoxy) is 1. The molecule has 7 heteroatoms. The number of rotatable bonds is 6. The molecule has 3 rings (SSSR count). The summed E-state index contributed by atoms with van der Waals surface area (Å²) in [6, 6.07) is 12.7. The molecule has 0 saturated heterocycles. The summed E-state index contributed by atoms with van der Waals surface area (Å²) < 4.78 is 19.7. The lowest BCUT2D eigenvalue weighted by Gasteiger charge is -2.04. The van der Waals surface area contributed by atoms with E-state index in [1.807, 2.05) is 24.3 Å². The van der Waals surface area contributed by atoms with Crippen LogP contribution in [0.1, 0.15) is 22.8 Å². The maximum Gasteiger partial charge on any atom is 0.325 e. The summed E-state index contributed by atoms with van der Waals surface area (Å²) in [4.78, 5) is 23.8. The zero-order chi connectivity index (χ0) is 19.2. The van der Waals surface area contributed by atoms with Gasteiger partial charge in [0.25, 0.3) is 5.91 Å². The zero-order valence-electron chi connectivity index (χ0n) is 14.7. The molecule has 0 atom stereocenters. The fourth-order valence-corrected chi connectivity index (χ4v) is 2.68. The number of aromatic nitrogens is 1. The van der Waals surface area contributed by atoms with Crippen LogP contribution in [0.2, 0.25) is 0 Å². The molecule has 0 saturated carbocycles. The first kappa shape index (κ1) is 18.3. The molecule has 0 radical (unpaired) electrons. The van der Waals surface area contributed by atoms with Crippen LogP contribution < -0.4 is 5.43 Å². The van der Waals surface area contributed by atoms with Crippen molar-refractivity contribution in [2.24, 2.45) is 5.10 Å². The van der Waals surface area contributed by atoms with E-state index in [1.54, 1.807) is 17.7 Å². The third-order valence-electron chi connectivity index (χ3n) is 3.90. The number of fused-ring (bicyclic) bond motifs is 1. The van der Waals surface area contributed by atoms with Gasteiger partial charge in [0, 0.05) is 28.2 Å². The Morgan fingerprint density at radius 2 is 1.93 bits per heavy atom. The van der Waals surface area contributed by atoms with E-state index >= 15 is 0 Å². The fraction of sp³-hybridized carbons (Fsp3) is 0.150. The first-order valence-electron chi connectivity index (χ1n) is 8.41. The summed E-state index contributed by atoms with van der Waals surface area (Å²) in [5, 5.41) is 4.86. The Morgan fingerprint density at radius 1 is 1.19 bits per heavy atom. The van der Waals surface area contributed by atoms with Gasteiger partial charge in [0.2, 0.25) is 0 Å². The van der Waals surface area contributed by atoms with Gasteiger partial charge in [-0.15, -0.1) is 0 Å². The molecule has 0 aliphatic heterocycles. The average Bonchev–Trinajstić information content (AvgIpc) is 3.00. The highest BCUT2D eigenvalue weighted by molar-refractivity contribution is 6.01. The van der Waals surface area contributed by atoms with Crippen LogP contribution in [0.5, 0.6) is 0 Å². The van der Waals surface area contributed by atoms with E-state index in [0.717, 1.165) is 16.5 Å². The van der Waals surface area contributed by atoms with E-state index in [4.69, 9.17) is 4.74 Å². The second kappa shape index (κ2) is 8.27. The van der Waals surface area contributed by atoms with Crippen LogP contribution in [0.25, 0.3) is 10.9 Å². The van der Waals surface area contributed by atoms with Crippen LogP contribution in [0.15, 0.2) is 59.8 Å². The van der Waals surface area contributed by atoms with Gasteiger partial charge in [-0.2, -0.15) is 5.10 Å². The SMILES string of the molecule is CCOC(=O)Cn1cc(/C=N\NC(=O)c2ccc(F)cc2)c2ccccc21. The largest absolute Gasteiger partial charge is 0.465 e. The normalized spacial score (nSPS) is 11.0. The Morgan fingerprint density at radius 3 is 2.67 bits per heavy atom. The summed E-state index contributed by atoms with van der Waals surface area (Å²) in [5.74, 6) is -1.18. The number of para-hydroxylation sites is 1. The van der Waals surface area contributed by atoms with E-state index in [-0.39, 0.29) is 12.5 Å². The van der Waals surface area contributed by atoms with Gasteiger partial charge >= 0.3 is 5.97 Å². The van der Waals surface area contributed by atoms with Crippen molar-refractivity contribution in [3.63, 3.8) is 0 Å². The Balaban J connectivity index is 1.78. The minimum atomic E-state index is -0.443. The third kappa shape index (κ3) is 4.38. The van der Waals surface area contributed by atoms with Crippen LogP contribution in [-0.2, 0) is 16.1 Å². The first-order chi connectivity index (χ1) is 13.1. The van der Waals surface area contributed by atoms with Gasteiger partial charge in [-0.25, -0.2) is 9.82 Å². The summed E-state index contributed by atoms with van der Waals surface area (Å²) in [5.41, 5.74) is 4.32. The highest BCUT2D eigenvalue weighted by Crippen LogP contribution is 2.20. The topological polar surface area (TPSA) is 72.7 Å². The van der Waals surface area contributed by atoms with Crippen LogP contribution in [0, 0.1) is 5.82 Å². The number of nitrogens with one attached hydrogen (secondary N) is 1. The number of hydrazone groups is 1. The minimum absolute atomic E-state index is 0.0874. The van der Waals surface area contributed by atoms with Crippen LogP contribution in [0.3, 0.4) is 0 Å². The molecule has 3 aromatic rings. The van der Waals surface area contributed by atoms with E-state index in [0.29, 0.717) is 12.2 Å². The van der Waals surface area contributed by atoms with Crippen molar-refractivity contribution in [1.29, 1.82) is 0 Å². The minimum Gasteiger partial charge on any atom is -0.465 e. The second-order valence-corrected chi connectivity index (χ2v) is 5.74. The van der Waals surface area contributed by atoms with Crippen LogP contribution >= 0.6 is 0 Å². The summed E-state index contributed by atoms with van der Waals surface area (Å²) in [7, 11) is 0. The van der Waals surface area contributed by atoms with Crippen molar-refractivity contribution in [1.82, 2.24) is 9.99 Å². The molecular formula is C20H18FN3O3. The molecule has 0 fully saturated rings. The number of carbonyl (C=O) groups excluding carboxylic acids is 2. The molecule has 0 aliphatic carbocycles.